The Kier molecular flexibility index (Phi) is 6.38. The Hall–Kier alpha value is -1.37. The van der Waals surface area contributed by atoms with E-state index in [4.69, 9.17) is 0 Å². The van der Waals surface area contributed by atoms with Gasteiger partial charge in [0.1, 0.15) is 0 Å². The second-order valence-corrected chi connectivity index (χ2v) is 3.04. The number of nitrogens with zero attached hydrogens (tertiary/aromatic N) is 1. The summed E-state index contributed by atoms with van der Waals surface area (Å²) in [6, 6.07) is 0. The van der Waals surface area contributed by atoms with E-state index in [1.807, 2.05) is 26.0 Å². The average Bonchev–Trinajstić information content (AvgIpc) is 2.22. The maximum absolute atomic E-state index is 4.16. The largest absolute Gasteiger partial charge is 0.293 e. The minimum atomic E-state index is 1.03. The number of aliphatic imine (C=N–C) groups is 1. The topological polar surface area (TPSA) is 12.4 Å². The Morgan fingerprint density at radius 2 is 1.93 bits per heavy atom. The van der Waals surface area contributed by atoms with E-state index in [2.05, 4.69) is 30.6 Å². The Balaban J connectivity index is 5.00. The molecule has 0 spiro atoms. The third kappa shape index (κ3) is 4.61. The second kappa shape index (κ2) is 7.07. The fourth-order valence-corrected chi connectivity index (χ4v) is 0.903. The first kappa shape index (κ1) is 12.6. The highest BCUT2D eigenvalue weighted by atomic mass is 14.7. The van der Waals surface area contributed by atoms with Crippen molar-refractivity contribution in [2.75, 3.05) is 7.05 Å². The lowest BCUT2D eigenvalue weighted by atomic mass is 10.1. The van der Waals surface area contributed by atoms with Crippen LogP contribution in [0.5, 0.6) is 0 Å². The summed E-state index contributed by atoms with van der Waals surface area (Å²) >= 11 is 0. The normalized spacial score (nSPS) is 15.0. The molecule has 0 rings (SSSR count). The smallest absolute Gasteiger partial charge is 0.0386 e. The predicted molar refractivity (Wildman–Crippen MR) is 65.9 cm³/mol. The predicted octanol–water partition coefficient (Wildman–Crippen LogP) is 3.71. The van der Waals surface area contributed by atoms with Gasteiger partial charge in [-0.2, -0.15) is 0 Å². The molecule has 0 aromatic carbocycles. The lowest BCUT2D eigenvalue weighted by molar-refractivity contribution is 1.40. The molecule has 0 atom stereocenters. The lowest BCUT2D eigenvalue weighted by Gasteiger charge is -2.00. The summed E-state index contributed by atoms with van der Waals surface area (Å²) in [7, 11) is 1.80. The summed E-state index contributed by atoms with van der Waals surface area (Å²) < 4.78 is 0. The molecule has 76 valence electrons. The molecule has 0 aromatic rings. The van der Waals surface area contributed by atoms with E-state index in [-0.39, 0.29) is 0 Å². The standard InChI is InChI=1S/C13H19N/c1-6-8-9-13(12(4)14-5)10-11(3)7-2/h6-10H,1H2,2-5H3/b9-8-,11-7-,13-10-,14-12?. The Morgan fingerprint density at radius 3 is 2.36 bits per heavy atom. The minimum Gasteiger partial charge on any atom is -0.293 e. The van der Waals surface area contributed by atoms with Crippen molar-refractivity contribution in [2.45, 2.75) is 20.8 Å². The summed E-state index contributed by atoms with van der Waals surface area (Å²) in [5.41, 5.74) is 3.39. The number of allylic oxidation sites excluding steroid dienone is 7. The van der Waals surface area contributed by atoms with Crippen LogP contribution in [-0.2, 0) is 0 Å². The van der Waals surface area contributed by atoms with Crippen LogP contribution in [0.15, 0.2) is 53.1 Å². The third-order valence-corrected chi connectivity index (χ3v) is 2.00. The maximum atomic E-state index is 4.16. The van der Waals surface area contributed by atoms with Crippen LogP contribution < -0.4 is 0 Å². The van der Waals surface area contributed by atoms with Gasteiger partial charge in [0, 0.05) is 12.8 Å². The van der Waals surface area contributed by atoms with Crippen LogP contribution in [0.4, 0.5) is 0 Å². The van der Waals surface area contributed by atoms with E-state index in [1.165, 1.54) is 5.57 Å². The highest BCUT2D eigenvalue weighted by molar-refractivity contribution is 6.01. The highest BCUT2D eigenvalue weighted by Crippen LogP contribution is 2.06. The quantitative estimate of drug-likeness (QED) is 0.472. The van der Waals surface area contributed by atoms with Gasteiger partial charge in [-0.25, -0.2) is 0 Å². The van der Waals surface area contributed by atoms with Gasteiger partial charge in [-0.05, 0) is 26.3 Å². The molecular formula is C13H19N. The van der Waals surface area contributed by atoms with Crippen molar-refractivity contribution in [3.8, 4) is 0 Å². The molecule has 0 aliphatic carbocycles. The van der Waals surface area contributed by atoms with Crippen LogP contribution in [0.25, 0.3) is 0 Å². The molecule has 0 bridgehead atoms. The molecule has 0 N–H and O–H groups in total. The van der Waals surface area contributed by atoms with Gasteiger partial charge in [0.15, 0.2) is 0 Å². The van der Waals surface area contributed by atoms with Crippen molar-refractivity contribution >= 4 is 5.71 Å². The fraction of sp³-hybridized carbons (Fsp3) is 0.308. The van der Waals surface area contributed by atoms with Crippen LogP contribution in [0.3, 0.4) is 0 Å². The van der Waals surface area contributed by atoms with Gasteiger partial charge in [0.2, 0.25) is 0 Å². The van der Waals surface area contributed by atoms with Crippen molar-refractivity contribution in [2.24, 2.45) is 4.99 Å². The molecule has 0 saturated carbocycles. The third-order valence-electron chi connectivity index (χ3n) is 2.00. The zero-order valence-corrected chi connectivity index (χ0v) is 9.54. The Morgan fingerprint density at radius 1 is 1.29 bits per heavy atom. The van der Waals surface area contributed by atoms with Gasteiger partial charge in [-0.3, -0.25) is 4.99 Å². The molecule has 14 heavy (non-hydrogen) atoms. The molecule has 0 radical (unpaired) electrons. The first-order valence-corrected chi connectivity index (χ1v) is 4.73. The first-order chi connectivity index (χ1) is 6.65. The van der Waals surface area contributed by atoms with Crippen molar-refractivity contribution in [1.82, 2.24) is 0 Å². The minimum absolute atomic E-state index is 1.03. The molecule has 1 nitrogen and oxygen atoms in total. The SMILES string of the molecule is C=C\C=C/C(=C/C(C)=C\C)C(C)=NC. The van der Waals surface area contributed by atoms with E-state index >= 15 is 0 Å². The number of rotatable bonds is 4. The molecule has 0 heterocycles. The van der Waals surface area contributed by atoms with Gasteiger partial charge >= 0.3 is 0 Å². The van der Waals surface area contributed by atoms with Crippen LogP contribution >= 0.6 is 0 Å². The second-order valence-electron chi connectivity index (χ2n) is 3.04. The zero-order chi connectivity index (χ0) is 11.0. The average molecular weight is 189 g/mol. The Labute approximate surface area is 87.3 Å². The van der Waals surface area contributed by atoms with Crippen LogP contribution in [-0.4, -0.2) is 12.8 Å². The molecular weight excluding hydrogens is 170 g/mol. The number of hydrogen-bond donors (Lipinski definition) is 0. The van der Waals surface area contributed by atoms with Gasteiger partial charge in [-0.15, -0.1) is 0 Å². The zero-order valence-electron chi connectivity index (χ0n) is 9.54. The molecule has 0 unspecified atom stereocenters. The van der Waals surface area contributed by atoms with E-state index in [0.717, 1.165) is 11.3 Å². The lowest BCUT2D eigenvalue weighted by Crippen LogP contribution is -1.94. The number of hydrogen-bond acceptors (Lipinski definition) is 1. The van der Waals surface area contributed by atoms with Gasteiger partial charge in [0.05, 0.1) is 0 Å². The van der Waals surface area contributed by atoms with E-state index < -0.39 is 0 Å². The van der Waals surface area contributed by atoms with Crippen molar-refractivity contribution < 1.29 is 0 Å². The van der Waals surface area contributed by atoms with E-state index in [1.54, 1.807) is 13.1 Å². The van der Waals surface area contributed by atoms with Gasteiger partial charge < -0.3 is 0 Å². The molecule has 0 amide bonds. The fourth-order valence-electron chi connectivity index (χ4n) is 0.903. The summed E-state index contributed by atoms with van der Waals surface area (Å²) in [6.45, 7) is 9.75. The van der Waals surface area contributed by atoms with E-state index in [0.29, 0.717) is 0 Å². The summed E-state index contributed by atoms with van der Waals surface area (Å²) in [5.74, 6) is 0. The first-order valence-electron chi connectivity index (χ1n) is 4.73. The Bertz CT molecular complexity index is 301. The van der Waals surface area contributed by atoms with E-state index in [9.17, 15) is 0 Å². The monoisotopic (exact) mass is 189 g/mol. The van der Waals surface area contributed by atoms with Crippen molar-refractivity contribution in [1.29, 1.82) is 0 Å². The van der Waals surface area contributed by atoms with Crippen molar-refractivity contribution in [3.05, 3.63) is 48.1 Å². The summed E-state index contributed by atoms with van der Waals surface area (Å²) in [6.07, 6.45) is 9.89. The molecule has 0 aliphatic heterocycles. The van der Waals surface area contributed by atoms with Crippen LogP contribution in [0.2, 0.25) is 0 Å². The maximum Gasteiger partial charge on any atom is 0.0386 e. The molecule has 0 aromatic heterocycles. The molecule has 0 saturated heterocycles. The van der Waals surface area contributed by atoms with Crippen molar-refractivity contribution in [3.63, 3.8) is 0 Å². The molecule has 0 aliphatic rings. The summed E-state index contributed by atoms with van der Waals surface area (Å²) in [5, 5.41) is 0. The summed E-state index contributed by atoms with van der Waals surface area (Å²) in [4.78, 5) is 4.16. The van der Waals surface area contributed by atoms with Crippen LogP contribution in [0.1, 0.15) is 20.8 Å². The molecule has 1 heteroatoms. The van der Waals surface area contributed by atoms with Gasteiger partial charge in [-0.1, -0.05) is 42.5 Å². The van der Waals surface area contributed by atoms with Gasteiger partial charge in [0.25, 0.3) is 0 Å². The van der Waals surface area contributed by atoms with Crippen LogP contribution in [0, 0.1) is 0 Å². The highest BCUT2D eigenvalue weighted by Gasteiger charge is 1.95. The molecule has 0 fully saturated rings.